The molecule has 0 spiro atoms. The Morgan fingerprint density at radius 2 is 1.77 bits per heavy atom. The van der Waals surface area contributed by atoms with Crippen LogP contribution in [0.5, 0.6) is 0 Å². The Labute approximate surface area is 127 Å². The van der Waals surface area contributed by atoms with Crippen molar-refractivity contribution in [3.05, 3.63) is 48.0 Å². The molecule has 2 aromatic carbocycles. The van der Waals surface area contributed by atoms with E-state index in [9.17, 15) is 14.7 Å². The summed E-state index contributed by atoms with van der Waals surface area (Å²) in [5, 5.41) is 21.0. The zero-order valence-corrected chi connectivity index (χ0v) is 12.3. The summed E-state index contributed by atoms with van der Waals surface area (Å²) in [6.45, 7) is 1.32. The van der Waals surface area contributed by atoms with Crippen molar-refractivity contribution in [3.63, 3.8) is 0 Å². The third-order valence-corrected chi connectivity index (χ3v) is 3.34. The second-order valence-electron chi connectivity index (χ2n) is 4.98. The minimum Gasteiger partial charge on any atom is -0.480 e. The standard InChI is InChI=1S/C16H17NO5/c1-10(18)14(15(19)20)17(2)22-16(21)13-9-5-7-11-6-3-4-8-12(11)13/h3-10,14,18H,1-2H3,(H,19,20)/t10-,14+/m1/s1. The van der Waals surface area contributed by atoms with Gasteiger partial charge in [-0.1, -0.05) is 36.4 Å². The van der Waals surface area contributed by atoms with Gasteiger partial charge in [-0.05, 0) is 23.8 Å². The molecular formula is C16H17NO5. The van der Waals surface area contributed by atoms with Crippen molar-refractivity contribution in [1.29, 1.82) is 0 Å². The summed E-state index contributed by atoms with van der Waals surface area (Å²) in [5.74, 6) is -1.95. The van der Waals surface area contributed by atoms with E-state index < -0.39 is 24.1 Å². The molecule has 116 valence electrons. The van der Waals surface area contributed by atoms with Crippen molar-refractivity contribution >= 4 is 22.7 Å². The SMILES string of the molecule is C[C@@H](O)[C@@H](C(=O)O)N(C)OC(=O)c1cccc2ccccc12. The monoisotopic (exact) mass is 303 g/mol. The lowest BCUT2D eigenvalue weighted by molar-refractivity contribution is -0.175. The second kappa shape index (κ2) is 6.55. The molecule has 2 atom stereocenters. The highest BCUT2D eigenvalue weighted by molar-refractivity contribution is 6.04. The molecule has 0 heterocycles. The summed E-state index contributed by atoms with van der Waals surface area (Å²) < 4.78 is 0. The number of rotatable bonds is 5. The van der Waals surface area contributed by atoms with E-state index in [0.29, 0.717) is 10.9 Å². The number of aliphatic hydroxyl groups excluding tert-OH is 1. The van der Waals surface area contributed by atoms with Crippen LogP contribution in [0.15, 0.2) is 42.5 Å². The first kappa shape index (κ1) is 15.9. The van der Waals surface area contributed by atoms with Gasteiger partial charge < -0.3 is 15.1 Å². The predicted molar refractivity (Wildman–Crippen MR) is 80.2 cm³/mol. The van der Waals surface area contributed by atoms with E-state index in [1.165, 1.54) is 14.0 Å². The van der Waals surface area contributed by atoms with Crippen LogP contribution < -0.4 is 0 Å². The molecular weight excluding hydrogens is 286 g/mol. The number of fused-ring (bicyclic) bond motifs is 1. The molecule has 6 nitrogen and oxygen atoms in total. The molecule has 2 rings (SSSR count). The molecule has 0 fully saturated rings. The number of hydrogen-bond donors (Lipinski definition) is 2. The number of nitrogens with zero attached hydrogens (tertiary/aromatic N) is 1. The Balaban J connectivity index is 2.26. The van der Waals surface area contributed by atoms with E-state index in [1.54, 1.807) is 24.3 Å². The van der Waals surface area contributed by atoms with E-state index in [0.717, 1.165) is 10.4 Å². The van der Waals surface area contributed by atoms with E-state index in [2.05, 4.69) is 0 Å². The van der Waals surface area contributed by atoms with Crippen LogP contribution in [0.4, 0.5) is 0 Å². The van der Waals surface area contributed by atoms with E-state index >= 15 is 0 Å². The van der Waals surface area contributed by atoms with Crippen LogP contribution in [0.1, 0.15) is 17.3 Å². The van der Waals surface area contributed by atoms with Gasteiger partial charge in [0.1, 0.15) is 0 Å². The van der Waals surface area contributed by atoms with Crippen molar-refractivity contribution in [2.45, 2.75) is 19.1 Å². The highest BCUT2D eigenvalue weighted by atomic mass is 16.7. The maximum atomic E-state index is 12.3. The van der Waals surface area contributed by atoms with Crippen molar-refractivity contribution in [1.82, 2.24) is 5.06 Å². The minimum atomic E-state index is -1.33. The van der Waals surface area contributed by atoms with Crippen LogP contribution in [-0.2, 0) is 9.63 Å². The molecule has 0 saturated heterocycles. The highest BCUT2D eigenvalue weighted by Gasteiger charge is 2.31. The van der Waals surface area contributed by atoms with Crippen molar-refractivity contribution in [3.8, 4) is 0 Å². The van der Waals surface area contributed by atoms with Gasteiger partial charge in [0.2, 0.25) is 0 Å². The number of aliphatic hydroxyl groups is 1. The second-order valence-corrected chi connectivity index (χ2v) is 4.98. The van der Waals surface area contributed by atoms with Gasteiger partial charge in [-0.25, -0.2) is 4.79 Å². The highest BCUT2D eigenvalue weighted by Crippen LogP contribution is 2.20. The lowest BCUT2D eigenvalue weighted by Crippen LogP contribution is -2.46. The molecule has 0 unspecified atom stereocenters. The van der Waals surface area contributed by atoms with E-state index in [1.807, 2.05) is 18.2 Å². The Morgan fingerprint density at radius 1 is 1.14 bits per heavy atom. The van der Waals surface area contributed by atoms with Gasteiger partial charge in [-0.15, -0.1) is 5.06 Å². The quantitative estimate of drug-likeness (QED) is 0.817. The summed E-state index contributed by atoms with van der Waals surface area (Å²) in [4.78, 5) is 28.5. The number of hydroxylamine groups is 2. The maximum absolute atomic E-state index is 12.3. The van der Waals surface area contributed by atoms with Crippen LogP contribution in [0, 0.1) is 0 Å². The fraction of sp³-hybridized carbons (Fsp3) is 0.250. The average Bonchev–Trinajstić information content (AvgIpc) is 2.45. The fourth-order valence-electron chi connectivity index (χ4n) is 2.31. The summed E-state index contributed by atoms with van der Waals surface area (Å²) in [5.41, 5.74) is 0.333. The van der Waals surface area contributed by atoms with Gasteiger partial charge >= 0.3 is 11.9 Å². The first-order valence-corrected chi connectivity index (χ1v) is 6.75. The molecule has 0 amide bonds. The lowest BCUT2D eigenvalue weighted by atomic mass is 10.1. The Kier molecular flexibility index (Phi) is 4.75. The van der Waals surface area contributed by atoms with E-state index in [-0.39, 0.29) is 0 Å². The topological polar surface area (TPSA) is 87.1 Å². The molecule has 6 heteroatoms. The molecule has 0 radical (unpaired) electrons. The predicted octanol–water partition coefficient (Wildman–Crippen LogP) is 1.68. The number of likely N-dealkylation sites (N-methyl/N-ethyl adjacent to an activating group) is 1. The van der Waals surface area contributed by atoms with Crippen molar-refractivity contribution < 1.29 is 24.6 Å². The fourth-order valence-corrected chi connectivity index (χ4v) is 2.31. The Bertz CT molecular complexity index is 693. The molecule has 22 heavy (non-hydrogen) atoms. The van der Waals surface area contributed by atoms with Crippen LogP contribution in [0.25, 0.3) is 10.8 Å². The smallest absolute Gasteiger partial charge is 0.357 e. The number of aliphatic carboxylic acids is 1. The van der Waals surface area contributed by atoms with Gasteiger partial charge in [-0.2, -0.15) is 0 Å². The zero-order valence-electron chi connectivity index (χ0n) is 12.3. The molecule has 2 aromatic rings. The van der Waals surface area contributed by atoms with E-state index in [4.69, 9.17) is 9.94 Å². The van der Waals surface area contributed by atoms with Crippen LogP contribution in [-0.4, -0.2) is 46.4 Å². The average molecular weight is 303 g/mol. The maximum Gasteiger partial charge on any atom is 0.357 e. The third-order valence-electron chi connectivity index (χ3n) is 3.34. The summed E-state index contributed by atoms with van der Waals surface area (Å²) >= 11 is 0. The van der Waals surface area contributed by atoms with Gasteiger partial charge in [0.15, 0.2) is 6.04 Å². The molecule has 0 saturated carbocycles. The summed E-state index contributed by atoms with van der Waals surface area (Å²) in [6.07, 6.45) is -1.19. The molecule has 0 aliphatic heterocycles. The number of carboxylic acids is 1. The summed E-state index contributed by atoms with van der Waals surface area (Å²) in [6, 6.07) is 11.2. The van der Waals surface area contributed by atoms with Gasteiger partial charge in [-0.3, -0.25) is 4.79 Å². The first-order chi connectivity index (χ1) is 10.4. The molecule has 0 aromatic heterocycles. The number of carbonyl (C=O) groups excluding carboxylic acids is 1. The van der Waals surface area contributed by atoms with Crippen molar-refractivity contribution in [2.24, 2.45) is 0 Å². The molecule has 2 N–H and O–H groups in total. The normalized spacial score (nSPS) is 13.8. The first-order valence-electron chi connectivity index (χ1n) is 6.75. The van der Waals surface area contributed by atoms with Crippen LogP contribution in [0.2, 0.25) is 0 Å². The Hall–Kier alpha value is -2.44. The molecule has 0 aliphatic carbocycles. The molecule has 0 bridgehead atoms. The number of carboxylic acid groups (broad SMARTS) is 1. The van der Waals surface area contributed by atoms with Gasteiger partial charge in [0.25, 0.3) is 0 Å². The van der Waals surface area contributed by atoms with Crippen molar-refractivity contribution in [2.75, 3.05) is 7.05 Å². The zero-order chi connectivity index (χ0) is 16.3. The largest absolute Gasteiger partial charge is 0.480 e. The number of hydrogen-bond acceptors (Lipinski definition) is 5. The molecule has 0 aliphatic rings. The van der Waals surface area contributed by atoms with Gasteiger partial charge in [0, 0.05) is 7.05 Å². The van der Waals surface area contributed by atoms with Crippen LogP contribution in [0.3, 0.4) is 0 Å². The minimum absolute atomic E-state index is 0.333. The third kappa shape index (κ3) is 3.24. The Morgan fingerprint density at radius 3 is 2.41 bits per heavy atom. The number of benzene rings is 2. The van der Waals surface area contributed by atoms with Crippen LogP contribution >= 0.6 is 0 Å². The lowest BCUT2D eigenvalue weighted by Gasteiger charge is -2.25. The summed E-state index contributed by atoms with van der Waals surface area (Å²) in [7, 11) is 1.30. The van der Waals surface area contributed by atoms with Gasteiger partial charge in [0.05, 0.1) is 11.7 Å². The number of carbonyl (C=O) groups is 2.